The van der Waals surface area contributed by atoms with Crippen LogP contribution in [-0.4, -0.2) is 31.1 Å². The average molecular weight is 257 g/mol. The monoisotopic (exact) mass is 257 g/mol. The van der Waals surface area contributed by atoms with Crippen molar-refractivity contribution in [3.05, 3.63) is 23.7 Å². The van der Waals surface area contributed by atoms with Gasteiger partial charge in [0.2, 0.25) is 5.76 Å². The molecule has 96 valence electrons. The van der Waals surface area contributed by atoms with Crippen LogP contribution in [0.15, 0.2) is 16.7 Å². The molecule has 1 heterocycles. The van der Waals surface area contributed by atoms with E-state index >= 15 is 0 Å². The van der Waals surface area contributed by atoms with Gasteiger partial charge in [-0.25, -0.2) is 4.79 Å². The van der Waals surface area contributed by atoms with E-state index < -0.39 is 5.97 Å². The van der Waals surface area contributed by atoms with Crippen molar-refractivity contribution in [3.63, 3.8) is 0 Å². The number of esters is 1. The van der Waals surface area contributed by atoms with Crippen molar-refractivity contribution >= 4 is 17.7 Å². The Bertz CT molecular complexity index is 351. The van der Waals surface area contributed by atoms with Gasteiger partial charge in [0.25, 0.3) is 0 Å². The molecule has 0 amide bonds. The smallest absolute Gasteiger partial charge is 0.374 e. The number of methoxy groups -OCH3 is 1. The zero-order valence-corrected chi connectivity index (χ0v) is 11.3. The molecule has 1 N–H and O–H groups in total. The van der Waals surface area contributed by atoms with Crippen molar-refractivity contribution in [3.8, 4) is 0 Å². The molecular weight excluding hydrogens is 238 g/mol. The molecule has 0 spiro atoms. The second-order valence-electron chi connectivity index (χ2n) is 3.78. The molecule has 0 radical (unpaired) electrons. The van der Waals surface area contributed by atoms with Crippen molar-refractivity contribution in [1.82, 2.24) is 5.32 Å². The van der Waals surface area contributed by atoms with Gasteiger partial charge in [-0.15, -0.1) is 0 Å². The Hall–Kier alpha value is -0.940. The third-order valence-corrected chi connectivity index (χ3v) is 3.60. The first-order valence-electron chi connectivity index (χ1n) is 5.57. The first-order valence-corrected chi connectivity index (χ1v) is 6.86. The number of hydrogen-bond acceptors (Lipinski definition) is 5. The fourth-order valence-corrected chi connectivity index (χ4v) is 1.75. The molecule has 1 unspecified atom stereocenters. The summed E-state index contributed by atoms with van der Waals surface area (Å²) in [4.78, 5) is 11.3. The predicted octanol–water partition coefficient (Wildman–Crippen LogP) is 2.30. The minimum absolute atomic E-state index is 0.290. The molecule has 1 rings (SSSR count). The highest BCUT2D eigenvalue weighted by molar-refractivity contribution is 7.99. The van der Waals surface area contributed by atoms with Crippen LogP contribution in [0, 0.1) is 0 Å². The Kier molecular flexibility index (Phi) is 6.15. The van der Waals surface area contributed by atoms with Crippen LogP contribution >= 0.6 is 11.8 Å². The fraction of sp³-hybridized carbons (Fsp3) is 0.583. The van der Waals surface area contributed by atoms with Gasteiger partial charge in [-0.05, 0) is 25.3 Å². The predicted molar refractivity (Wildman–Crippen MR) is 69.3 cm³/mol. The lowest BCUT2D eigenvalue weighted by atomic mass is 10.2. The first kappa shape index (κ1) is 14.1. The molecule has 0 saturated heterocycles. The number of carbonyl (C=O) groups excluding carboxylic acids is 1. The molecule has 0 fully saturated rings. The molecule has 0 aliphatic heterocycles. The SMILES string of the molecule is COC(=O)c1occc1CNCCC(C)SC. The summed E-state index contributed by atoms with van der Waals surface area (Å²) in [6, 6.07) is 1.79. The van der Waals surface area contributed by atoms with Crippen LogP contribution in [0.5, 0.6) is 0 Å². The minimum Gasteiger partial charge on any atom is -0.463 e. The highest BCUT2D eigenvalue weighted by atomic mass is 32.2. The van der Waals surface area contributed by atoms with Crippen LogP contribution in [0.4, 0.5) is 0 Å². The number of ether oxygens (including phenoxy) is 1. The van der Waals surface area contributed by atoms with Gasteiger partial charge >= 0.3 is 5.97 Å². The lowest BCUT2D eigenvalue weighted by molar-refractivity contribution is 0.0563. The molecule has 5 heteroatoms. The topological polar surface area (TPSA) is 51.5 Å². The van der Waals surface area contributed by atoms with Crippen LogP contribution in [0.25, 0.3) is 0 Å². The Balaban J connectivity index is 2.37. The number of furan rings is 1. The number of carbonyl (C=O) groups is 1. The standard InChI is InChI=1S/C12H19NO3S/c1-9(17-3)4-6-13-8-10-5-7-16-11(10)12(14)15-2/h5,7,9,13H,4,6,8H2,1-3H3. The number of thioether (sulfide) groups is 1. The van der Waals surface area contributed by atoms with Gasteiger partial charge in [0.05, 0.1) is 13.4 Å². The van der Waals surface area contributed by atoms with E-state index in [-0.39, 0.29) is 5.76 Å². The van der Waals surface area contributed by atoms with Crippen molar-refractivity contribution in [2.75, 3.05) is 19.9 Å². The average Bonchev–Trinajstić information content (AvgIpc) is 2.81. The number of rotatable bonds is 7. The van der Waals surface area contributed by atoms with E-state index in [4.69, 9.17) is 4.42 Å². The summed E-state index contributed by atoms with van der Waals surface area (Å²) < 4.78 is 9.73. The highest BCUT2D eigenvalue weighted by Crippen LogP contribution is 2.12. The Morgan fingerprint density at radius 2 is 2.41 bits per heavy atom. The second-order valence-corrected chi connectivity index (χ2v) is 5.05. The molecule has 0 saturated carbocycles. The largest absolute Gasteiger partial charge is 0.463 e. The Morgan fingerprint density at radius 3 is 3.06 bits per heavy atom. The van der Waals surface area contributed by atoms with E-state index in [1.807, 2.05) is 11.8 Å². The van der Waals surface area contributed by atoms with Gasteiger partial charge in [-0.2, -0.15) is 11.8 Å². The molecule has 1 atom stereocenters. The maximum Gasteiger partial charge on any atom is 0.374 e. The van der Waals surface area contributed by atoms with Gasteiger partial charge in [-0.1, -0.05) is 6.92 Å². The molecular formula is C12H19NO3S. The van der Waals surface area contributed by atoms with E-state index in [9.17, 15) is 4.79 Å². The maximum atomic E-state index is 11.3. The fourth-order valence-electron chi connectivity index (χ4n) is 1.39. The van der Waals surface area contributed by atoms with Gasteiger partial charge < -0.3 is 14.5 Å². The van der Waals surface area contributed by atoms with E-state index in [2.05, 4.69) is 23.2 Å². The summed E-state index contributed by atoms with van der Waals surface area (Å²) in [5.74, 6) is -0.137. The maximum absolute atomic E-state index is 11.3. The number of hydrogen-bond donors (Lipinski definition) is 1. The van der Waals surface area contributed by atoms with E-state index in [0.29, 0.717) is 11.8 Å². The molecule has 0 aromatic carbocycles. The highest BCUT2D eigenvalue weighted by Gasteiger charge is 2.15. The molecule has 0 bridgehead atoms. The van der Waals surface area contributed by atoms with Gasteiger partial charge in [0, 0.05) is 17.4 Å². The van der Waals surface area contributed by atoms with Crippen LogP contribution < -0.4 is 5.32 Å². The van der Waals surface area contributed by atoms with Crippen molar-refractivity contribution in [2.24, 2.45) is 0 Å². The van der Waals surface area contributed by atoms with Gasteiger partial charge in [0.15, 0.2) is 0 Å². The van der Waals surface area contributed by atoms with Crippen LogP contribution in [0.3, 0.4) is 0 Å². The molecule has 17 heavy (non-hydrogen) atoms. The van der Waals surface area contributed by atoms with Crippen LogP contribution in [0.2, 0.25) is 0 Å². The van der Waals surface area contributed by atoms with Crippen molar-refractivity contribution in [2.45, 2.75) is 25.1 Å². The summed E-state index contributed by atoms with van der Waals surface area (Å²) in [6.45, 7) is 3.75. The minimum atomic E-state index is -0.427. The third-order valence-electron chi connectivity index (χ3n) is 2.56. The zero-order chi connectivity index (χ0) is 12.7. The molecule has 1 aromatic rings. The quantitative estimate of drug-likeness (QED) is 0.600. The molecule has 4 nitrogen and oxygen atoms in total. The van der Waals surface area contributed by atoms with Crippen LogP contribution in [0.1, 0.15) is 29.5 Å². The third kappa shape index (κ3) is 4.44. The first-order chi connectivity index (χ1) is 8.19. The molecule has 0 aliphatic carbocycles. The normalized spacial score (nSPS) is 12.4. The van der Waals surface area contributed by atoms with Crippen molar-refractivity contribution < 1.29 is 13.9 Å². The van der Waals surface area contributed by atoms with Crippen LogP contribution in [-0.2, 0) is 11.3 Å². The second kappa shape index (κ2) is 7.40. The summed E-state index contributed by atoms with van der Waals surface area (Å²) in [5.41, 5.74) is 0.841. The van der Waals surface area contributed by atoms with E-state index in [1.54, 1.807) is 6.07 Å². The molecule has 1 aromatic heterocycles. The summed E-state index contributed by atoms with van der Waals surface area (Å²) >= 11 is 1.85. The lowest BCUT2D eigenvalue weighted by Gasteiger charge is -2.08. The lowest BCUT2D eigenvalue weighted by Crippen LogP contribution is -2.18. The summed E-state index contributed by atoms with van der Waals surface area (Å²) in [7, 11) is 1.35. The van der Waals surface area contributed by atoms with Crippen molar-refractivity contribution in [1.29, 1.82) is 0 Å². The van der Waals surface area contributed by atoms with E-state index in [0.717, 1.165) is 18.5 Å². The Morgan fingerprint density at radius 1 is 1.65 bits per heavy atom. The zero-order valence-electron chi connectivity index (χ0n) is 10.5. The summed E-state index contributed by atoms with van der Waals surface area (Å²) in [6.07, 6.45) is 4.72. The Labute approximate surface area is 106 Å². The summed E-state index contributed by atoms with van der Waals surface area (Å²) in [5, 5.41) is 3.94. The van der Waals surface area contributed by atoms with Gasteiger partial charge in [0.1, 0.15) is 0 Å². The number of nitrogens with one attached hydrogen (secondary N) is 1. The van der Waals surface area contributed by atoms with Gasteiger partial charge in [-0.3, -0.25) is 0 Å². The molecule has 0 aliphatic rings. The van der Waals surface area contributed by atoms with E-state index in [1.165, 1.54) is 13.4 Å².